The van der Waals surface area contributed by atoms with Crippen molar-refractivity contribution in [2.45, 2.75) is 39.2 Å². The number of ether oxygens (including phenoxy) is 1. The third-order valence-corrected chi connectivity index (χ3v) is 1.67. The van der Waals surface area contributed by atoms with Gasteiger partial charge in [-0.3, -0.25) is 4.79 Å². The molecule has 2 N–H and O–H groups in total. The van der Waals surface area contributed by atoms with Crippen molar-refractivity contribution < 1.29 is 14.3 Å². The molecule has 0 aliphatic heterocycles. The third kappa shape index (κ3) is 10.8. The molecule has 98 valence electrons. The molecule has 0 bridgehead atoms. The summed E-state index contributed by atoms with van der Waals surface area (Å²) in [5, 5.41) is 5.32. The molecule has 0 atom stereocenters. The molecule has 0 spiro atoms. The van der Waals surface area contributed by atoms with Crippen LogP contribution in [0.3, 0.4) is 0 Å². The Labute approximate surface area is 103 Å². The molecule has 0 unspecified atom stereocenters. The summed E-state index contributed by atoms with van der Waals surface area (Å²) < 4.78 is 5.05. The predicted octanol–water partition coefficient (Wildman–Crippen LogP) is 1.59. The van der Waals surface area contributed by atoms with Crippen LogP contribution in [0, 0.1) is 0 Å². The molecule has 0 heterocycles. The lowest BCUT2D eigenvalue weighted by atomic mass is 10.2. The summed E-state index contributed by atoms with van der Waals surface area (Å²) in [4.78, 5) is 22.3. The van der Waals surface area contributed by atoms with E-state index >= 15 is 0 Å². The average Bonchev–Trinajstić information content (AvgIpc) is 2.14. The van der Waals surface area contributed by atoms with Crippen molar-refractivity contribution in [2.24, 2.45) is 0 Å². The van der Waals surface area contributed by atoms with Crippen molar-refractivity contribution >= 4 is 12.0 Å². The van der Waals surface area contributed by atoms with E-state index < -0.39 is 11.7 Å². The molecule has 0 aliphatic rings. The minimum Gasteiger partial charge on any atom is -0.444 e. The average molecular weight is 242 g/mol. The van der Waals surface area contributed by atoms with Gasteiger partial charge in [0.05, 0.1) is 0 Å². The summed E-state index contributed by atoms with van der Waals surface area (Å²) in [5.74, 6) is -0.0581. The molecule has 0 rings (SSSR count). The van der Waals surface area contributed by atoms with Gasteiger partial charge >= 0.3 is 6.09 Å². The molecule has 2 amide bonds. The first-order valence-electron chi connectivity index (χ1n) is 5.69. The lowest BCUT2D eigenvalue weighted by molar-refractivity contribution is -0.120. The van der Waals surface area contributed by atoms with Gasteiger partial charge in [-0.15, -0.1) is 6.58 Å². The highest BCUT2D eigenvalue weighted by atomic mass is 16.6. The van der Waals surface area contributed by atoms with Gasteiger partial charge in [0.15, 0.2) is 0 Å². The minimum absolute atomic E-state index is 0.0581. The first-order valence-corrected chi connectivity index (χ1v) is 5.69. The van der Waals surface area contributed by atoms with Crippen LogP contribution in [0.5, 0.6) is 0 Å². The van der Waals surface area contributed by atoms with E-state index in [-0.39, 0.29) is 5.91 Å². The van der Waals surface area contributed by atoms with E-state index in [0.717, 1.165) is 0 Å². The van der Waals surface area contributed by atoms with Gasteiger partial charge in [0.2, 0.25) is 5.91 Å². The van der Waals surface area contributed by atoms with Gasteiger partial charge in [-0.2, -0.15) is 0 Å². The third-order valence-electron chi connectivity index (χ3n) is 1.67. The summed E-state index contributed by atoms with van der Waals surface area (Å²) in [6.45, 7) is 9.90. The quantitative estimate of drug-likeness (QED) is 0.549. The van der Waals surface area contributed by atoms with Crippen LogP contribution < -0.4 is 10.6 Å². The second-order valence-electron chi connectivity index (χ2n) is 4.62. The molecule has 0 aromatic rings. The molecule has 5 heteroatoms. The smallest absolute Gasteiger partial charge is 0.407 e. The van der Waals surface area contributed by atoms with Crippen LogP contribution in [0.4, 0.5) is 4.79 Å². The Morgan fingerprint density at radius 2 is 1.82 bits per heavy atom. The van der Waals surface area contributed by atoms with Gasteiger partial charge in [0.25, 0.3) is 0 Å². The summed E-state index contributed by atoms with van der Waals surface area (Å²) in [5.41, 5.74) is -0.484. The maximum absolute atomic E-state index is 11.2. The molecule has 0 aromatic heterocycles. The second kappa shape index (κ2) is 7.70. The summed E-state index contributed by atoms with van der Waals surface area (Å²) >= 11 is 0. The SMILES string of the molecule is C=CCC(=O)NCCCNC(=O)OC(C)(C)C. The number of alkyl carbamates (subject to hydrolysis) is 1. The van der Waals surface area contributed by atoms with E-state index in [1.165, 1.54) is 0 Å². The highest BCUT2D eigenvalue weighted by molar-refractivity contribution is 5.77. The molecule has 17 heavy (non-hydrogen) atoms. The Morgan fingerprint density at radius 3 is 2.35 bits per heavy atom. The Hall–Kier alpha value is -1.52. The Morgan fingerprint density at radius 1 is 1.24 bits per heavy atom. The van der Waals surface area contributed by atoms with E-state index in [0.29, 0.717) is 25.9 Å². The molecule has 0 fully saturated rings. The first-order chi connectivity index (χ1) is 7.85. The zero-order valence-corrected chi connectivity index (χ0v) is 10.8. The van der Waals surface area contributed by atoms with E-state index in [2.05, 4.69) is 17.2 Å². The highest BCUT2D eigenvalue weighted by Gasteiger charge is 2.15. The fourth-order valence-electron chi connectivity index (χ4n) is 1.02. The van der Waals surface area contributed by atoms with E-state index in [9.17, 15) is 9.59 Å². The molecular weight excluding hydrogens is 220 g/mol. The minimum atomic E-state index is -0.484. The van der Waals surface area contributed by atoms with Crippen LogP contribution >= 0.6 is 0 Å². The first kappa shape index (κ1) is 15.5. The monoisotopic (exact) mass is 242 g/mol. The van der Waals surface area contributed by atoms with E-state index in [1.54, 1.807) is 6.08 Å². The summed E-state index contributed by atoms with van der Waals surface area (Å²) in [6, 6.07) is 0. The van der Waals surface area contributed by atoms with Gasteiger partial charge in [-0.25, -0.2) is 4.79 Å². The Kier molecular flexibility index (Phi) is 7.02. The van der Waals surface area contributed by atoms with Crippen LogP contribution in [-0.2, 0) is 9.53 Å². The van der Waals surface area contributed by atoms with Crippen LogP contribution in [0.25, 0.3) is 0 Å². The van der Waals surface area contributed by atoms with Gasteiger partial charge in [0.1, 0.15) is 5.60 Å². The number of nitrogens with one attached hydrogen (secondary N) is 2. The standard InChI is InChI=1S/C12H22N2O3/c1-5-7-10(15)13-8-6-9-14-11(16)17-12(2,3)4/h5H,1,6-9H2,2-4H3,(H,13,15)(H,14,16). The van der Waals surface area contributed by atoms with Crippen molar-refractivity contribution in [3.8, 4) is 0 Å². The fourth-order valence-corrected chi connectivity index (χ4v) is 1.02. The maximum Gasteiger partial charge on any atom is 0.407 e. The van der Waals surface area contributed by atoms with Crippen molar-refractivity contribution in [2.75, 3.05) is 13.1 Å². The molecule has 0 saturated carbocycles. The molecule has 0 aromatic carbocycles. The molecule has 0 saturated heterocycles. The number of rotatable bonds is 6. The Balaban J connectivity index is 3.49. The zero-order chi connectivity index (χ0) is 13.3. The van der Waals surface area contributed by atoms with Crippen LogP contribution in [-0.4, -0.2) is 30.7 Å². The number of carbonyl (C=O) groups is 2. The van der Waals surface area contributed by atoms with Gasteiger partial charge in [-0.05, 0) is 27.2 Å². The Bertz CT molecular complexity index is 269. The maximum atomic E-state index is 11.2. The normalized spacial score (nSPS) is 10.5. The number of hydrogen-bond donors (Lipinski definition) is 2. The number of amides is 2. The van der Waals surface area contributed by atoms with Crippen molar-refractivity contribution in [1.82, 2.24) is 10.6 Å². The molecular formula is C12H22N2O3. The van der Waals surface area contributed by atoms with Gasteiger partial charge in [-0.1, -0.05) is 6.08 Å². The van der Waals surface area contributed by atoms with E-state index in [1.807, 2.05) is 20.8 Å². The lowest BCUT2D eigenvalue weighted by Gasteiger charge is -2.19. The number of hydrogen-bond acceptors (Lipinski definition) is 3. The summed E-state index contributed by atoms with van der Waals surface area (Å²) in [6.07, 6.45) is 2.10. The van der Waals surface area contributed by atoms with Crippen molar-refractivity contribution in [3.05, 3.63) is 12.7 Å². The zero-order valence-electron chi connectivity index (χ0n) is 10.8. The largest absolute Gasteiger partial charge is 0.444 e. The lowest BCUT2D eigenvalue weighted by Crippen LogP contribution is -2.34. The van der Waals surface area contributed by atoms with Crippen LogP contribution in [0.1, 0.15) is 33.6 Å². The fraction of sp³-hybridized carbons (Fsp3) is 0.667. The van der Waals surface area contributed by atoms with Crippen LogP contribution in [0.15, 0.2) is 12.7 Å². The highest BCUT2D eigenvalue weighted by Crippen LogP contribution is 2.06. The molecule has 5 nitrogen and oxygen atoms in total. The van der Waals surface area contributed by atoms with Gasteiger partial charge in [0, 0.05) is 19.5 Å². The second-order valence-corrected chi connectivity index (χ2v) is 4.62. The van der Waals surface area contributed by atoms with Crippen molar-refractivity contribution in [3.63, 3.8) is 0 Å². The van der Waals surface area contributed by atoms with Gasteiger partial charge < -0.3 is 15.4 Å². The van der Waals surface area contributed by atoms with Crippen LogP contribution in [0.2, 0.25) is 0 Å². The van der Waals surface area contributed by atoms with Crippen molar-refractivity contribution in [1.29, 1.82) is 0 Å². The van der Waals surface area contributed by atoms with E-state index in [4.69, 9.17) is 4.74 Å². The topological polar surface area (TPSA) is 67.4 Å². The molecule has 0 radical (unpaired) electrons. The number of carbonyl (C=O) groups excluding carboxylic acids is 2. The molecule has 0 aliphatic carbocycles. The predicted molar refractivity (Wildman–Crippen MR) is 66.7 cm³/mol. The summed E-state index contributed by atoms with van der Waals surface area (Å²) in [7, 11) is 0.